The second-order valence-electron chi connectivity index (χ2n) is 6.06. The smallest absolute Gasteiger partial charge is 0.121 e. The topological polar surface area (TPSA) is 24.5 Å². The number of nitrogens with zero attached hydrogens (tertiary/aromatic N) is 1. The molecular weight excluding hydrogens is 248 g/mol. The highest BCUT2D eigenvalue weighted by molar-refractivity contribution is 5.49. The van der Waals surface area contributed by atoms with E-state index in [-0.39, 0.29) is 6.10 Å². The van der Waals surface area contributed by atoms with Crippen molar-refractivity contribution in [3.05, 3.63) is 24.3 Å². The Morgan fingerprint density at radius 3 is 2.60 bits per heavy atom. The summed E-state index contributed by atoms with van der Waals surface area (Å²) in [5, 5.41) is 3.47. The van der Waals surface area contributed by atoms with Gasteiger partial charge in [-0.25, -0.2) is 0 Å². The van der Waals surface area contributed by atoms with E-state index in [2.05, 4.69) is 43.1 Å². The van der Waals surface area contributed by atoms with Crippen LogP contribution in [0.2, 0.25) is 0 Å². The molecule has 0 aliphatic carbocycles. The van der Waals surface area contributed by atoms with Crippen LogP contribution in [0.25, 0.3) is 0 Å². The number of hydrogen-bond acceptors (Lipinski definition) is 3. The Labute approximate surface area is 124 Å². The Bertz CT molecular complexity index is 377. The monoisotopic (exact) mass is 278 g/mol. The zero-order valence-corrected chi connectivity index (χ0v) is 13.6. The molecule has 0 amide bonds. The van der Waals surface area contributed by atoms with Crippen molar-refractivity contribution in [1.82, 2.24) is 5.32 Å². The highest BCUT2D eigenvalue weighted by Gasteiger charge is 2.05. The first-order valence-electron chi connectivity index (χ1n) is 7.63. The average molecular weight is 278 g/mol. The second-order valence-corrected chi connectivity index (χ2v) is 6.06. The third kappa shape index (κ3) is 6.80. The molecule has 1 aromatic carbocycles. The maximum absolute atomic E-state index is 5.98. The van der Waals surface area contributed by atoms with Crippen molar-refractivity contribution < 1.29 is 4.74 Å². The Kier molecular flexibility index (Phi) is 7.45. The molecule has 114 valence electrons. The van der Waals surface area contributed by atoms with E-state index in [0.29, 0.717) is 0 Å². The van der Waals surface area contributed by atoms with Crippen LogP contribution >= 0.6 is 0 Å². The van der Waals surface area contributed by atoms with E-state index in [0.717, 1.165) is 37.6 Å². The van der Waals surface area contributed by atoms with Crippen LogP contribution in [0.15, 0.2) is 24.3 Å². The second kappa shape index (κ2) is 8.85. The summed E-state index contributed by atoms with van der Waals surface area (Å²) in [6.07, 6.45) is 2.49. The SMILES string of the molecule is CC(C)CNCCCC(C)Oc1cccc(N(C)C)c1. The maximum atomic E-state index is 5.98. The zero-order chi connectivity index (χ0) is 15.0. The van der Waals surface area contributed by atoms with Crippen LogP contribution in [-0.2, 0) is 0 Å². The molecule has 1 aromatic rings. The normalized spacial score (nSPS) is 12.5. The van der Waals surface area contributed by atoms with Crippen LogP contribution in [0.4, 0.5) is 5.69 Å². The van der Waals surface area contributed by atoms with Crippen molar-refractivity contribution in [1.29, 1.82) is 0 Å². The summed E-state index contributed by atoms with van der Waals surface area (Å²) in [7, 11) is 4.09. The van der Waals surface area contributed by atoms with Gasteiger partial charge in [0.1, 0.15) is 5.75 Å². The summed E-state index contributed by atoms with van der Waals surface area (Å²) in [4.78, 5) is 2.09. The van der Waals surface area contributed by atoms with Gasteiger partial charge in [-0.15, -0.1) is 0 Å². The molecule has 0 spiro atoms. The molecule has 20 heavy (non-hydrogen) atoms. The van der Waals surface area contributed by atoms with Gasteiger partial charge in [-0.1, -0.05) is 19.9 Å². The molecule has 1 unspecified atom stereocenters. The quantitative estimate of drug-likeness (QED) is 0.699. The van der Waals surface area contributed by atoms with Crippen molar-refractivity contribution in [2.75, 3.05) is 32.1 Å². The summed E-state index contributed by atoms with van der Waals surface area (Å²) in [5.41, 5.74) is 1.17. The number of hydrogen-bond donors (Lipinski definition) is 1. The van der Waals surface area contributed by atoms with E-state index in [1.165, 1.54) is 5.69 Å². The van der Waals surface area contributed by atoms with Crippen LogP contribution in [0.5, 0.6) is 5.75 Å². The lowest BCUT2D eigenvalue weighted by Gasteiger charge is -2.18. The first kappa shape index (κ1) is 16.8. The molecule has 0 saturated heterocycles. The van der Waals surface area contributed by atoms with Crippen molar-refractivity contribution in [2.45, 2.75) is 39.7 Å². The van der Waals surface area contributed by atoms with Gasteiger partial charge in [-0.2, -0.15) is 0 Å². The lowest BCUT2D eigenvalue weighted by molar-refractivity contribution is 0.207. The van der Waals surface area contributed by atoms with Crippen LogP contribution in [-0.4, -0.2) is 33.3 Å². The third-order valence-corrected chi connectivity index (χ3v) is 3.19. The third-order valence-electron chi connectivity index (χ3n) is 3.19. The minimum Gasteiger partial charge on any atom is -0.491 e. The molecule has 0 radical (unpaired) electrons. The largest absolute Gasteiger partial charge is 0.491 e. The van der Waals surface area contributed by atoms with Gasteiger partial charge in [-0.05, 0) is 50.9 Å². The first-order chi connectivity index (χ1) is 9.49. The molecule has 3 nitrogen and oxygen atoms in total. The van der Waals surface area contributed by atoms with Crippen molar-refractivity contribution >= 4 is 5.69 Å². The Morgan fingerprint density at radius 1 is 1.20 bits per heavy atom. The van der Waals surface area contributed by atoms with E-state index in [9.17, 15) is 0 Å². The molecule has 0 aliphatic rings. The summed E-state index contributed by atoms with van der Waals surface area (Å²) < 4.78 is 5.98. The highest BCUT2D eigenvalue weighted by atomic mass is 16.5. The van der Waals surface area contributed by atoms with E-state index < -0.39 is 0 Å². The minimum absolute atomic E-state index is 0.258. The van der Waals surface area contributed by atoms with E-state index in [1.54, 1.807) is 0 Å². The number of ether oxygens (including phenoxy) is 1. The fraction of sp³-hybridized carbons (Fsp3) is 0.647. The Balaban J connectivity index is 2.28. The highest BCUT2D eigenvalue weighted by Crippen LogP contribution is 2.21. The van der Waals surface area contributed by atoms with Gasteiger partial charge in [0, 0.05) is 25.8 Å². The molecule has 0 saturated carbocycles. The molecule has 1 N–H and O–H groups in total. The maximum Gasteiger partial charge on any atom is 0.121 e. The fourth-order valence-electron chi connectivity index (χ4n) is 2.03. The van der Waals surface area contributed by atoms with Crippen molar-refractivity contribution in [3.8, 4) is 5.75 Å². The average Bonchev–Trinajstić information content (AvgIpc) is 2.38. The van der Waals surface area contributed by atoms with Crippen LogP contribution in [0, 0.1) is 5.92 Å². The van der Waals surface area contributed by atoms with Gasteiger partial charge in [0.25, 0.3) is 0 Å². The molecular formula is C17H30N2O. The molecule has 0 aliphatic heterocycles. The molecule has 0 bridgehead atoms. The van der Waals surface area contributed by atoms with Crippen LogP contribution in [0.1, 0.15) is 33.6 Å². The lowest BCUT2D eigenvalue weighted by Crippen LogP contribution is -2.22. The molecule has 0 aromatic heterocycles. The Morgan fingerprint density at radius 2 is 1.95 bits per heavy atom. The molecule has 1 atom stereocenters. The summed E-state index contributed by atoms with van der Waals surface area (Å²) >= 11 is 0. The standard InChI is InChI=1S/C17H30N2O/c1-14(2)13-18-11-7-8-15(3)20-17-10-6-9-16(12-17)19(4)5/h6,9-10,12,14-15,18H,7-8,11,13H2,1-5H3. The molecule has 0 heterocycles. The van der Waals surface area contributed by atoms with Crippen LogP contribution < -0.4 is 15.0 Å². The number of rotatable bonds is 9. The fourth-order valence-corrected chi connectivity index (χ4v) is 2.03. The number of anilines is 1. The van der Waals surface area contributed by atoms with E-state index in [4.69, 9.17) is 4.74 Å². The molecule has 3 heteroatoms. The van der Waals surface area contributed by atoms with Gasteiger partial charge in [0.05, 0.1) is 6.10 Å². The summed E-state index contributed by atoms with van der Waals surface area (Å²) in [6, 6.07) is 8.25. The van der Waals surface area contributed by atoms with Crippen LogP contribution in [0.3, 0.4) is 0 Å². The van der Waals surface area contributed by atoms with Crippen molar-refractivity contribution in [3.63, 3.8) is 0 Å². The van der Waals surface area contributed by atoms with E-state index >= 15 is 0 Å². The van der Waals surface area contributed by atoms with Crippen molar-refractivity contribution in [2.24, 2.45) is 5.92 Å². The van der Waals surface area contributed by atoms with Gasteiger partial charge in [0.2, 0.25) is 0 Å². The van der Waals surface area contributed by atoms with Gasteiger partial charge < -0.3 is 15.0 Å². The zero-order valence-electron chi connectivity index (χ0n) is 13.6. The summed E-state index contributed by atoms with van der Waals surface area (Å²) in [5.74, 6) is 1.68. The predicted octanol–water partition coefficient (Wildman–Crippen LogP) is 3.55. The number of nitrogens with one attached hydrogen (secondary N) is 1. The predicted molar refractivity (Wildman–Crippen MR) is 87.8 cm³/mol. The Hall–Kier alpha value is -1.22. The van der Waals surface area contributed by atoms with Gasteiger partial charge >= 0.3 is 0 Å². The lowest BCUT2D eigenvalue weighted by atomic mass is 10.2. The molecule has 1 rings (SSSR count). The van der Waals surface area contributed by atoms with Gasteiger partial charge in [-0.3, -0.25) is 0 Å². The molecule has 0 fully saturated rings. The number of benzene rings is 1. The minimum atomic E-state index is 0.258. The van der Waals surface area contributed by atoms with Gasteiger partial charge in [0.15, 0.2) is 0 Å². The van der Waals surface area contributed by atoms with E-state index in [1.807, 2.05) is 26.2 Å². The first-order valence-corrected chi connectivity index (χ1v) is 7.63. The summed E-state index contributed by atoms with van der Waals surface area (Å²) in [6.45, 7) is 8.78.